The van der Waals surface area contributed by atoms with Crippen molar-refractivity contribution in [2.75, 3.05) is 11.9 Å². The molecule has 0 spiro atoms. The summed E-state index contributed by atoms with van der Waals surface area (Å²) in [6.07, 6.45) is 8.39. The van der Waals surface area contributed by atoms with Gasteiger partial charge in [0.25, 0.3) is 0 Å². The molecule has 3 rings (SSSR count). The molecule has 4 heteroatoms. The lowest BCUT2D eigenvalue weighted by Gasteiger charge is -2.14. The van der Waals surface area contributed by atoms with E-state index in [0.717, 1.165) is 17.5 Å². The quantitative estimate of drug-likeness (QED) is 0.805. The first-order chi connectivity index (χ1) is 10.3. The van der Waals surface area contributed by atoms with Crippen LogP contribution in [0.4, 0.5) is 5.69 Å². The van der Waals surface area contributed by atoms with Crippen LogP contribution in [0.5, 0.6) is 0 Å². The normalized spacial score (nSPS) is 18.9. The Morgan fingerprint density at radius 2 is 1.90 bits per heavy atom. The highest BCUT2D eigenvalue weighted by molar-refractivity contribution is 8.00. The Labute approximate surface area is 131 Å². The molecule has 0 aliphatic heterocycles. The number of rotatable bonds is 7. The Bertz CT molecular complexity index is 481. The maximum Gasteiger partial charge on any atom is 0.225 e. The third-order valence-corrected chi connectivity index (χ3v) is 5.53. The molecule has 0 unspecified atom stereocenters. The van der Waals surface area contributed by atoms with Crippen molar-refractivity contribution < 1.29 is 4.79 Å². The van der Waals surface area contributed by atoms with Gasteiger partial charge in [0.2, 0.25) is 5.91 Å². The molecule has 3 nitrogen and oxygen atoms in total. The number of nitrogens with one attached hydrogen (secondary N) is 2. The largest absolute Gasteiger partial charge is 0.325 e. The average molecular weight is 304 g/mol. The summed E-state index contributed by atoms with van der Waals surface area (Å²) in [6, 6.07) is 8.87. The van der Waals surface area contributed by atoms with Crippen molar-refractivity contribution in [3.63, 3.8) is 0 Å². The summed E-state index contributed by atoms with van der Waals surface area (Å²) in [5.41, 5.74) is 0.978. The topological polar surface area (TPSA) is 41.1 Å². The van der Waals surface area contributed by atoms with Crippen molar-refractivity contribution in [1.29, 1.82) is 0 Å². The third-order valence-electron chi connectivity index (χ3n) is 4.12. The van der Waals surface area contributed by atoms with Crippen LogP contribution in [0.25, 0.3) is 0 Å². The smallest absolute Gasteiger partial charge is 0.225 e. The van der Waals surface area contributed by atoms with Gasteiger partial charge < -0.3 is 10.6 Å². The second-order valence-corrected chi connectivity index (χ2v) is 7.39. The number of benzene rings is 1. The van der Waals surface area contributed by atoms with Crippen LogP contribution < -0.4 is 10.6 Å². The molecule has 0 heterocycles. The van der Waals surface area contributed by atoms with E-state index in [0.29, 0.717) is 12.5 Å². The Balaban J connectivity index is 1.51. The van der Waals surface area contributed by atoms with Crippen LogP contribution in [0, 0.1) is 0 Å². The number of para-hydroxylation sites is 1. The van der Waals surface area contributed by atoms with Crippen LogP contribution in [0.1, 0.15) is 44.9 Å². The van der Waals surface area contributed by atoms with Crippen LogP contribution in [0.2, 0.25) is 0 Å². The van der Waals surface area contributed by atoms with E-state index in [1.54, 1.807) is 0 Å². The van der Waals surface area contributed by atoms with E-state index >= 15 is 0 Å². The number of amides is 1. The monoisotopic (exact) mass is 304 g/mol. The number of thioether (sulfide) groups is 1. The van der Waals surface area contributed by atoms with Gasteiger partial charge in [-0.05, 0) is 37.8 Å². The molecule has 1 amide bonds. The SMILES string of the molecule is O=C(CCNC1CC1)Nc1ccccc1SC1CCCC1. The molecule has 0 bridgehead atoms. The van der Waals surface area contributed by atoms with E-state index in [1.807, 2.05) is 23.9 Å². The summed E-state index contributed by atoms with van der Waals surface area (Å²) >= 11 is 1.93. The highest BCUT2D eigenvalue weighted by atomic mass is 32.2. The molecule has 1 aromatic rings. The van der Waals surface area contributed by atoms with Gasteiger partial charge in [-0.1, -0.05) is 25.0 Å². The minimum atomic E-state index is 0.114. The Morgan fingerprint density at radius 3 is 2.67 bits per heavy atom. The van der Waals surface area contributed by atoms with Crippen LogP contribution >= 0.6 is 11.8 Å². The fourth-order valence-corrected chi connectivity index (χ4v) is 4.08. The lowest BCUT2D eigenvalue weighted by atomic mass is 10.3. The molecule has 0 atom stereocenters. The minimum absolute atomic E-state index is 0.114. The number of carbonyl (C=O) groups excluding carboxylic acids is 1. The van der Waals surface area contributed by atoms with Gasteiger partial charge in [-0.15, -0.1) is 11.8 Å². The summed E-state index contributed by atoms with van der Waals surface area (Å²) in [5.74, 6) is 0.114. The summed E-state index contributed by atoms with van der Waals surface area (Å²) < 4.78 is 0. The maximum absolute atomic E-state index is 12.0. The van der Waals surface area contributed by atoms with E-state index in [-0.39, 0.29) is 5.91 Å². The highest BCUT2D eigenvalue weighted by Gasteiger charge is 2.20. The summed E-state index contributed by atoms with van der Waals surface area (Å²) in [4.78, 5) is 13.3. The van der Waals surface area contributed by atoms with Gasteiger partial charge in [0, 0.05) is 29.2 Å². The van der Waals surface area contributed by atoms with Crippen LogP contribution in [0.3, 0.4) is 0 Å². The molecular formula is C17H24N2OS. The lowest BCUT2D eigenvalue weighted by Crippen LogP contribution is -2.23. The molecule has 2 fully saturated rings. The molecule has 2 N–H and O–H groups in total. The molecule has 0 saturated heterocycles. The van der Waals surface area contributed by atoms with Crippen molar-refractivity contribution in [3.05, 3.63) is 24.3 Å². The molecule has 2 aliphatic rings. The van der Waals surface area contributed by atoms with Crippen LogP contribution in [-0.4, -0.2) is 23.7 Å². The van der Waals surface area contributed by atoms with E-state index in [1.165, 1.54) is 43.4 Å². The van der Waals surface area contributed by atoms with E-state index < -0.39 is 0 Å². The molecule has 0 radical (unpaired) electrons. The summed E-state index contributed by atoms with van der Waals surface area (Å²) in [7, 11) is 0. The number of hydrogen-bond acceptors (Lipinski definition) is 3. The first-order valence-electron chi connectivity index (χ1n) is 8.10. The maximum atomic E-state index is 12.0. The zero-order chi connectivity index (χ0) is 14.5. The minimum Gasteiger partial charge on any atom is -0.325 e. The highest BCUT2D eigenvalue weighted by Crippen LogP contribution is 2.37. The summed E-state index contributed by atoms with van der Waals surface area (Å²) in [5, 5.41) is 7.18. The van der Waals surface area contributed by atoms with E-state index in [4.69, 9.17) is 0 Å². The molecule has 114 valence electrons. The Hall–Kier alpha value is -1.00. The molecule has 2 aliphatic carbocycles. The molecular weight excluding hydrogens is 280 g/mol. The van der Waals surface area contributed by atoms with Gasteiger partial charge in [-0.3, -0.25) is 4.79 Å². The predicted octanol–water partition coefficient (Wildman–Crippen LogP) is 3.80. The zero-order valence-corrected chi connectivity index (χ0v) is 13.3. The number of anilines is 1. The van der Waals surface area contributed by atoms with Crippen molar-refractivity contribution in [3.8, 4) is 0 Å². The zero-order valence-electron chi connectivity index (χ0n) is 12.4. The molecule has 0 aromatic heterocycles. The van der Waals surface area contributed by atoms with Crippen molar-refractivity contribution in [2.45, 2.75) is 61.1 Å². The predicted molar refractivity (Wildman–Crippen MR) is 88.8 cm³/mol. The Kier molecular flexibility index (Phi) is 5.20. The molecule has 21 heavy (non-hydrogen) atoms. The van der Waals surface area contributed by atoms with Gasteiger partial charge in [0.15, 0.2) is 0 Å². The van der Waals surface area contributed by atoms with Crippen LogP contribution in [-0.2, 0) is 4.79 Å². The van der Waals surface area contributed by atoms with E-state index in [9.17, 15) is 4.79 Å². The van der Waals surface area contributed by atoms with Crippen molar-refractivity contribution in [1.82, 2.24) is 5.32 Å². The first kappa shape index (κ1) is 14.9. The third kappa shape index (κ3) is 4.75. The fraction of sp³-hybridized carbons (Fsp3) is 0.588. The average Bonchev–Trinajstić information content (AvgIpc) is 3.16. The second-order valence-electron chi connectivity index (χ2n) is 6.05. The number of carbonyl (C=O) groups is 1. The van der Waals surface area contributed by atoms with Gasteiger partial charge in [0.05, 0.1) is 5.69 Å². The van der Waals surface area contributed by atoms with Gasteiger partial charge >= 0.3 is 0 Å². The van der Waals surface area contributed by atoms with Crippen LogP contribution in [0.15, 0.2) is 29.2 Å². The number of hydrogen-bond donors (Lipinski definition) is 2. The standard InChI is InChI=1S/C17H24N2OS/c20-17(11-12-18-13-9-10-13)19-15-7-3-4-8-16(15)21-14-5-1-2-6-14/h3-4,7-8,13-14,18H,1-2,5-6,9-12H2,(H,19,20). The summed E-state index contributed by atoms with van der Waals surface area (Å²) in [6.45, 7) is 0.786. The Morgan fingerprint density at radius 1 is 1.14 bits per heavy atom. The lowest BCUT2D eigenvalue weighted by molar-refractivity contribution is -0.116. The van der Waals surface area contributed by atoms with Crippen molar-refractivity contribution in [2.24, 2.45) is 0 Å². The van der Waals surface area contributed by atoms with E-state index in [2.05, 4.69) is 22.8 Å². The van der Waals surface area contributed by atoms with Crippen molar-refractivity contribution >= 4 is 23.4 Å². The fourth-order valence-electron chi connectivity index (χ4n) is 2.75. The van der Waals surface area contributed by atoms with Gasteiger partial charge in [0.1, 0.15) is 0 Å². The molecule has 1 aromatic carbocycles. The molecule has 2 saturated carbocycles. The van der Waals surface area contributed by atoms with Gasteiger partial charge in [-0.25, -0.2) is 0 Å². The first-order valence-corrected chi connectivity index (χ1v) is 8.98. The second kappa shape index (κ2) is 7.32. The van der Waals surface area contributed by atoms with Gasteiger partial charge in [-0.2, -0.15) is 0 Å².